The van der Waals surface area contributed by atoms with Crippen LogP contribution in [0.3, 0.4) is 0 Å². The Bertz CT molecular complexity index is 948. The first-order valence-electron chi connectivity index (χ1n) is 11.5. The zero-order chi connectivity index (χ0) is 21.5. The number of ketones is 1. The maximum Gasteiger partial charge on any atom is 0.158 e. The van der Waals surface area contributed by atoms with Gasteiger partial charge in [0.2, 0.25) is 0 Å². The van der Waals surface area contributed by atoms with Gasteiger partial charge in [-0.1, -0.05) is 91.5 Å². The van der Waals surface area contributed by atoms with Gasteiger partial charge in [-0.25, -0.2) is 0 Å². The van der Waals surface area contributed by atoms with E-state index in [1.54, 1.807) is 0 Å². The van der Waals surface area contributed by atoms with Crippen LogP contribution < -0.4 is 0 Å². The fraction of sp³-hybridized carbons (Fsp3) is 0.577. The third-order valence-corrected chi connectivity index (χ3v) is 16.2. The molecule has 4 bridgehead atoms. The number of hydrogen-bond donors (Lipinski definition) is 0. The molecule has 0 spiro atoms. The fourth-order valence-corrected chi connectivity index (χ4v) is 15.4. The van der Waals surface area contributed by atoms with E-state index in [-0.39, 0.29) is 27.0 Å². The van der Waals surface area contributed by atoms with Crippen LogP contribution in [-0.2, 0) is 9.32 Å². The molecule has 4 heteroatoms. The van der Waals surface area contributed by atoms with Crippen molar-refractivity contribution in [2.24, 2.45) is 10.8 Å². The van der Waals surface area contributed by atoms with Crippen LogP contribution in [-0.4, -0.2) is 27.7 Å². The Morgan fingerprint density at radius 1 is 1.03 bits per heavy atom. The Hall–Kier alpha value is -0.970. The summed E-state index contributed by atoms with van der Waals surface area (Å²) in [6, 6.07) is 0. The van der Waals surface area contributed by atoms with E-state index in [0.717, 1.165) is 25.0 Å². The maximum atomic E-state index is 13.8. The predicted molar refractivity (Wildman–Crippen MR) is 129 cm³/mol. The molecule has 0 aromatic carbocycles. The molecule has 30 heavy (non-hydrogen) atoms. The van der Waals surface area contributed by atoms with Crippen LogP contribution in [0.15, 0.2) is 59.4 Å². The molecular formula is C26H34O2P2. The first kappa shape index (κ1) is 20.9. The summed E-state index contributed by atoms with van der Waals surface area (Å²) in [6.45, 7) is 14.2. The van der Waals surface area contributed by atoms with Gasteiger partial charge >= 0.3 is 0 Å². The van der Waals surface area contributed by atoms with Crippen molar-refractivity contribution in [2.45, 2.75) is 82.7 Å². The second-order valence-electron chi connectivity index (χ2n) is 10.5. The molecule has 5 heterocycles. The van der Waals surface area contributed by atoms with Crippen LogP contribution in [0, 0.1) is 10.8 Å². The monoisotopic (exact) mass is 440 g/mol. The molecule has 2 unspecified atom stereocenters. The van der Waals surface area contributed by atoms with Gasteiger partial charge in [-0.05, 0) is 36.2 Å². The molecule has 6 atom stereocenters. The maximum absolute atomic E-state index is 13.8. The number of Topliss-reactive ketones (excluding diaryl/α,β-unsaturated/α-hetero) is 1. The van der Waals surface area contributed by atoms with E-state index in [2.05, 4.69) is 84.1 Å². The predicted octanol–water partition coefficient (Wildman–Crippen LogP) is 7.43. The summed E-state index contributed by atoms with van der Waals surface area (Å²) in [5.41, 5.74) is 3.48. The summed E-state index contributed by atoms with van der Waals surface area (Å²) in [5.74, 6) is 1.48. The minimum absolute atomic E-state index is 0.0353. The highest BCUT2D eigenvalue weighted by atomic mass is 31.2. The van der Waals surface area contributed by atoms with E-state index < -0.39 is 16.1 Å². The molecule has 0 radical (unpaired) electrons. The molecule has 0 amide bonds. The van der Waals surface area contributed by atoms with E-state index in [1.165, 1.54) is 11.1 Å². The Kier molecular flexibility index (Phi) is 4.71. The molecule has 6 rings (SSSR count). The van der Waals surface area contributed by atoms with Gasteiger partial charge in [0.1, 0.15) is 13.9 Å². The molecule has 0 saturated carbocycles. The molecule has 0 aromatic heterocycles. The summed E-state index contributed by atoms with van der Waals surface area (Å²) in [7, 11) is -1.58. The number of carbonyl (C=O) groups is 1. The minimum Gasteiger partial charge on any atom is -0.471 e. The lowest BCUT2D eigenvalue weighted by atomic mass is 9.78. The van der Waals surface area contributed by atoms with Crippen molar-refractivity contribution >= 4 is 21.9 Å². The van der Waals surface area contributed by atoms with Crippen molar-refractivity contribution in [1.82, 2.24) is 0 Å². The van der Waals surface area contributed by atoms with Gasteiger partial charge in [0.05, 0.1) is 16.2 Å². The highest BCUT2D eigenvalue weighted by Crippen LogP contribution is 2.90. The highest BCUT2D eigenvalue weighted by Gasteiger charge is 2.73. The molecule has 1 fully saturated rings. The van der Waals surface area contributed by atoms with Gasteiger partial charge in [0.15, 0.2) is 5.78 Å². The van der Waals surface area contributed by atoms with Gasteiger partial charge in [0, 0.05) is 11.2 Å². The second-order valence-corrected chi connectivity index (χ2v) is 15.5. The summed E-state index contributed by atoms with van der Waals surface area (Å²) in [4.78, 5) is 13.8. The summed E-state index contributed by atoms with van der Waals surface area (Å²) < 4.78 is 6.87. The smallest absolute Gasteiger partial charge is 0.158 e. The van der Waals surface area contributed by atoms with Crippen LogP contribution in [0.4, 0.5) is 0 Å². The van der Waals surface area contributed by atoms with Gasteiger partial charge < -0.3 is 4.52 Å². The third kappa shape index (κ3) is 2.42. The van der Waals surface area contributed by atoms with Crippen LogP contribution >= 0.6 is 16.1 Å². The number of allylic oxidation sites excluding steroid dienone is 9. The Morgan fingerprint density at radius 2 is 1.73 bits per heavy atom. The second kappa shape index (κ2) is 6.76. The molecule has 6 aliphatic rings. The van der Waals surface area contributed by atoms with E-state index >= 15 is 0 Å². The largest absolute Gasteiger partial charge is 0.471 e. The van der Waals surface area contributed by atoms with Gasteiger partial charge in [-0.15, -0.1) is 0 Å². The van der Waals surface area contributed by atoms with Gasteiger partial charge in [-0.3, -0.25) is 4.79 Å². The summed E-state index contributed by atoms with van der Waals surface area (Å²) in [6.07, 6.45) is 19.3. The molecule has 2 nitrogen and oxygen atoms in total. The fourth-order valence-electron chi connectivity index (χ4n) is 6.04. The minimum atomic E-state index is -0.945. The summed E-state index contributed by atoms with van der Waals surface area (Å²) >= 11 is 0. The molecule has 0 N–H and O–H groups in total. The van der Waals surface area contributed by atoms with Crippen molar-refractivity contribution in [3.63, 3.8) is 0 Å². The Balaban J connectivity index is 1.81. The van der Waals surface area contributed by atoms with E-state index in [4.69, 9.17) is 4.52 Å². The van der Waals surface area contributed by atoms with Crippen molar-refractivity contribution in [3.8, 4) is 0 Å². The molecule has 0 aromatic rings. The zero-order valence-corrected chi connectivity index (χ0v) is 20.9. The molecule has 1 saturated heterocycles. The molecular weight excluding hydrogens is 406 g/mol. The number of carbonyl (C=O) groups excluding carboxylic acids is 1. The van der Waals surface area contributed by atoms with Crippen molar-refractivity contribution in [3.05, 3.63) is 59.4 Å². The lowest BCUT2D eigenvalue weighted by Crippen LogP contribution is -2.50. The first-order valence-corrected chi connectivity index (χ1v) is 14.3. The first-order chi connectivity index (χ1) is 14.2. The van der Waals surface area contributed by atoms with E-state index in [9.17, 15) is 4.79 Å². The van der Waals surface area contributed by atoms with Crippen molar-refractivity contribution in [1.29, 1.82) is 0 Å². The highest BCUT2D eigenvalue weighted by molar-refractivity contribution is 7.80. The summed E-state index contributed by atoms with van der Waals surface area (Å²) in [5, 5.41) is 0. The third-order valence-electron chi connectivity index (χ3n) is 8.42. The topological polar surface area (TPSA) is 26.3 Å². The molecule has 1 aliphatic carbocycles. The lowest BCUT2D eigenvalue weighted by Gasteiger charge is -2.57. The van der Waals surface area contributed by atoms with Crippen molar-refractivity contribution in [2.75, 3.05) is 0 Å². The quantitative estimate of drug-likeness (QED) is 0.336. The van der Waals surface area contributed by atoms with Gasteiger partial charge in [-0.2, -0.15) is 0 Å². The average molecular weight is 441 g/mol. The van der Waals surface area contributed by atoms with Gasteiger partial charge in [0.25, 0.3) is 0 Å². The van der Waals surface area contributed by atoms with Crippen LogP contribution in [0.5, 0.6) is 0 Å². The lowest BCUT2D eigenvalue weighted by molar-refractivity contribution is -0.117. The standard InChI is InChI=1S/C26H34O2P2/c1-7-24(3,4)18-16-22-23(27)21-15-14-20(18)29(21)26(25(5,6)8-2)17-12-10-9-11-13-19(17)28-30(22)26/h10-16,20-22H,7-9H2,1-6H3/t20-,21-,22-,26+,29?,30?/m0/s1. The van der Waals surface area contributed by atoms with Crippen LogP contribution in [0.1, 0.15) is 60.8 Å². The van der Waals surface area contributed by atoms with Crippen LogP contribution in [0.25, 0.3) is 0 Å². The van der Waals surface area contributed by atoms with E-state index in [1.807, 2.05) is 0 Å². The van der Waals surface area contributed by atoms with Crippen molar-refractivity contribution < 1.29 is 9.32 Å². The zero-order valence-electron chi connectivity index (χ0n) is 19.1. The normalized spacial score (nSPS) is 38.9. The Morgan fingerprint density at radius 3 is 2.43 bits per heavy atom. The Labute approximate surface area is 184 Å². The SMILES string of the molecule is CCC(C)(C)C1=C[C@H]2C(=O)[C@@H]3C=C[C@@H]1P3[C@]1(C(C)(C)CC)C3=C(C=CCC=C3)OP21. The van der Waals surface area contributed by atoms with E-state index in [0.29, 0.717) is 11.4 Å². The number of rotatable bonds is 4. The molecule has 160 valence electrons. The van der Waals surface area contributed by atoms with Crippen LogP contribution in [0.2, 0.25) is 0 Å². The molecule has 5 aliphatic heterocycles. The number of hydrogen-bond acceptors (Lipinski definition) is 2. The average Bonchev–Trinajstić information content (AvgIpc) is 3.11.